The minimum atomic E-state index is 0.741. The van der Waals surface area contributed by atoms with Gasteiger partial charge in [-0.05, 0) is 38.1 Å². The molecule has 0 amide bonds. The van der Waals surface area contributed by atoms with Crippen molar-refractivity contribution in [2.24, 2.45) is 17.8 Å². The molecule has 1 saturated carbocycles. The molecule has 2 aliphatic rings. The van der Waals surface area contributed by atoms with E-state index in [4.69, 9.17) is 4.74 Å². The molecule has 2 heteroatoms. The van der Waals surface area contributed by atoms with E-state index in [0.29, 0.717) is 0 Å². The number of hydrogen-bond donors (Lipinski definition) is 1. The van der Waals surface area contributed by atoms with Crippen molar-refractivity contribution in [3.8, 4) is 0 Å². The predicted octanol–water partition coefficient (Wildman–Crippen LogP) is 0.877. The highest BCUT2D eigenvalue weighted by molar-refractivity contribution is 5.07. The summed E-state index contributed by atoms with van der Waals surface area (Å²) >= 11 is 0. The van der Waals surface area contributed by atoms with Crippen LogP contribution in [0.4, 0.5) is 0 Å². The lowest BCUT2D eigenvalue weighted by molar-refractivity contribution is 0.126. The molecule has 1 aliphatic carbocycles. The van der Waals surface area contributed by atoms with Gasteiger partial charge in [-0.1, -0.05) is 0 Å². The smallest absolute Gasteiger partial charge is 0.0500 e. The minimum absolute atomic E-state index is 0.741. The second kappa shape index (κ2) is 2.76. The van der Waals surface area contributed by atoms with Crippen LogP contribution in [0.5, 0.6) is 0 Å². The number of piperidine rings is 1. The quantitative estimate of drug-likeness (QED) is 0.653. The Labute approximate surface area is 68.3 Å². The van der Waals surface area contributed by atoms with Crippen LogP contribution in [0, 0.1) is 17.8 Å². The zero-order chi connectivity index (χ0) is 7.84. The molecular weight excluding hydrogens is 138 g/mol. The van der Waals surface area contributed by atoms with Crippen molar-refractivity contribution < 1.29 is 4.74 Å². The normalized spacial score (nSPS) is 47.5. The van der Waals surface area contributed by atoms with Crippen LogP contribution in [0.25, 0.3) is 0 Å². The van der Waals surface area contributed by atoms with E-state index >= 15 is 0 Å². The van der Waals surface area contributed by atoms with Crippen LogP contribution in [0.2, 0.25) is 0 Å². The van der Waals surface area contributed by atoms with Crippen molar-refractivity contribution in [2.45, 2.75) is 19.9 Å². The molecule has 1 N–H and O–H groups in total. The number of rotatable bonds is 3. The van der Waals surface area contributed by atoms with E-state index in [9.17, 15) is 0 Å². The summed E-state index contributed by atoms with van der Waals surface area (Å²) in [6, 6.07) is 0.741. The Morgan fingerprint density at radius 3 is 2.91 bits per heavy atom. The van der Waals surface area contributed by atoms with E-state index in [-0.39, 0.29) is 0 Å². The molecule has 0 radical (unpaired) electrons. The summed E-state index contributed by atoms with van der Waals surface area (Å²) in [6.07, 6.45) is 0. The van der Waals surface area contributed by atoms with Crippen LogP contribution in [0.1, 0.15) is 13.8 Å². The maximum atomic E-state index is 5.41. The molecule has 11 heavy (non-hydrogen) atoms. The molecule has 0 aromatic carbocycles. The number of hydrogen-bond acceptors (Lipinski definition) is 2. The predicted molar refractivity (Wildman–Crippen MR) is 44.4 cm³/mol. The van der Waals surface area contributed by atoms with Crippen LogP contribution in [0.15, 0.2) is 0 Å². The van der Waals surface area contributed by atoms with Crippen molar-refractivity contribution in [3.63, 3.8) is 0 Å². The second-order valence-electron chi connectivity index (χ2n) is 3.76. The average Bonchev–Trinajstić information content (AvgIpc) is 2.58. The zero-order valence-corrected chi connectivity index (χ0v) is 7.34. The lowest BCUT2D eigenvalue weighted by atomic mass is 10.2. The molecule has 0 spiro atoms. The lowest BCUT2D eigenvalue weighted by Crippen LogP contribution is -2.26. The molecular formula is C9H17NO. The Bertz CT molecular complexity index is 148. The molecule has 0 aromatic rings. The minimum Gasteiger partial charge on any atom is -0.381 e. The zero-order valence-electron chi connectivity index (χ0n) is 7.34. The van der Waals surface area contributed by atoms with Gasteiger partial charge in [0.2, 0.25) is 0 Å². The summed E-state index contributed by atoms with van der Waals surface area (Å²) in [5.41, 5.74) is 0. The van der Waals surface area contributed by atoms with Gasteiger partial charge < -0.3 is 10.1 Å². The van der Waals surface area contributed by atoms with E-state index in [1.165, 1.54) is 6.54 Å². The molecule has 1 heterocycles. The van der Waals surface area contributed by atoms with Crippen molar-refractivity contribution >= 4 is 0 Å². The number of ether oxygens (including phenoxy) is 1. The van der Waals surface area contributed by atoms with Gasteiger partial charge in [0.15, 0.2) is 0 Å². The molecule has 4 atom stereocenters. The van der Waals surface area contributed by atoms with Gasteiger partial charge in [-0.15, -0.1) is 0 Å². The Morgan fingerprint density at radius 2 is 2.36 bits per heavy atom. The van der Waals surface area contributed by atoms with Crippen LogP contribution >= 0.6 is 0 Å². The third kappa shape index (κ3) is 1.18. The Balaban J connectivity index is 1.76. The van der Waals surface area contributed by atoms with Crippen molar-refractivity contribution in [3.05, 3.63) is 0 Å². The molecule has 1 saturated heterocycles. The molecule has 64 valence electrons. The first-order valence-corrected chi connectivity index (χ1v) is 4.65. The average molecular weight is 155 g/mol. The van der Waals surface area contributed by atoms with Crippen molar-refractivity contribution in [1.29, 1.82) is 0 Å². The van der Waals surface area contributed by atoms with Crippen LogP contribution in [-0.4, -0.2) is 25.8 Å². The fourth-order valence-electron chi connectivity index (χ4n) is 2.45. The third-order valence-corrected chi connectivity index (χ3v) is 3.17. The first kappa shape index (κ1) is 7.56. The van der Waals surface area contributed by atoms with Crippen LogP contribution in [-0.2, 0) is 4.74 Å². The summed E-state index contributed by atoms with van der Waals surface area (Å²) in [7, 11) is 0. The van der Waals surface area contributed by atoms with E-state index in [1.807, 2.05) is 0 Å². The summed E-state index contributed by atoms with van der Waals surface area (Å²) in [6.45, 7) is 7.45. The first-order valence-electron chi connectivity index (χ1n) is 4.65. The largest absolute Gasteiger partial charge is 0.381 e. The standard InChI is InChI=1S/C9H17NO/c1-3-11-5-8-7-4-10-6(2)9(7)8/h6-10H,3-5H2,1-2H3. The van der Waals surface area contributed by atoms with Crippen molar-refractivity contribution in [1.82, 2.24) is 5.32 Å². The Kier molecular flexibility index (Phi) is 1.90. The fraction of sp³-hybridized carbons (Fsp3) is 1.00. The monoisotopic (exact) mass is 155 g/mol. The highest BCUT2D eigenvalue weighted by atomic mass is 16.5. The van der Waals surface area contributed by atoms with E-state index in [2.05, 4.69) is 19.2 Å². The van der Waals surface area contributed by atoms with Gasteiger partial charge in [0.05, 0.1) is 6.61 Å². The van der Waals surface area contributed by atoms with Gasteiger partial charge in [0.1, 0.15) is 0 Å². The molecule has 2 rings (SSSR count). The van der Waals surface area contributed by atoms with E-state index in [0.717, 1.165) is 37.0 Å². The summed E-state index contributed by atoms with van der Waals surface area (Å²) < 4.78 is 5.41. The van der Waals surface area contributed by atoms with Gasteiger partial charge in [0, 0.05) is 12.6 Å². The fourth-order valence-corrected chi connectivity index (χ4v) is 2.45. The van der Waals surface area contributed by atoms with Gasteiger partial charge in [-0.2, -0.15) is 0 Å². The summed E-state index contributed by atoms with van der Waals surface area (Å²) in [5, 5.41) is 3.47. The molecule has 0 aromatic heterocycles. The highest BCUT2D eigenvalue weighted by Gasteiger charge is 2.56. The maximum Gasteiger partial charge on any atom is 0.0500 e. The van der Waals surface area contributed by atoms with Crippen molar-refractivity contribution in [2.75, 3.05) is 19.8 Å². The third-order valence-electron chi connectivity index (χ3n) is 3.17. The van der Waals surface area contributed by atoms with Gasteiger partial charge >= 0.3 is 0 Å². The maximum absolute atomic E-state index is 5.41. The van der Waals surface area contributed by atoms with E-state index in [1.54, 1.807) is 0 Å². The topological polar surface area (TPSA) is 21.3 Å². The summed E-state index contributed by atoms with van der Waals surface area (Å²) in [5.74, 6) is 2.75. The lowest BCUT2D eigenvalue weighted by Gasteiger charge is -2.09. The van der Waals surface area contributed by atoms with Crippen LogP contribution in [0.3, 0.4) is 0 Å². The van der Waals surface area contributed by atoms with Crippen LogP contribution < -0.4 is 5.32 Å². The van der Waals surface area contributed by atoms with Gasteiger partial charge in [-0.25, -0.2) is 0 Å². The number of fused-ring (bicyclic) bond motifs is 1. The molecule has 2 fully saturated rings. The Hall–Kier alpha value is -0.0800. The van der Waals surface area contributed by atoms with Gasteiger partial charge in [-0.3, -0.25) is 0 Å². The molecule has 1 aliphatic heterocycles. The SMILES string of the molecule is CCOCC1C2CNC(C)C21. The van der Waals surface area contributed by atoms with E-state index < -0.39 is 0 Å². The van der Waals surface area contributed by atoms with Gasteiger partial charge in [0.25, 0.3) is 0 Å². The first-order chi connectivity index (χ1) is 5.34. The highest BCUT2D eigenvalue weighted by Crippen LogP contribution is 2.51. The second-order valence-corrected chi connectivity index (χ2v) is 3.76. The molecule has 0 bridgehead atoms. The summed E-state index contributed by atoms with van der Waals surface area (Å²) in [4.78, 5) is 0. The Morgan fingerprint density at radius 1 is 1.55 bits per heavy atom. The number of nitrogens with one attached hydrogen (secondary N) is 1. The molecule has 2 nitrogen and oxygen atoms in total. The molecule has 4 unspecified atom stereocenters.